The molecule has 0 unspecified atom stereocenters. The van der Waals surface area contributed by atoms with Crippen molar-refractivity contribution in [2.75, 3.05) is 19.3 Å². The van der Waals surface area contributed by atoms with E-state index in [2.05, 4.69) is 21.5 Å². The van der Waals surface area contributed by atoms with Gasteiger partial charge in [0.2, 0.25) is 5.88 Å². The Bertz CT molecular complexity index is 1290. The highest BCUT2D eigenvalue weighted by molar-refractivity contribution is 7.98. The molecule has 1 amide bonds. The van der Waals surface area contributed by atoms with Gasteiger partial charge < -0.3 is 14.4 Å². The fraction of sp³-hybridized carbons (Fsp3) is 0.458. The second-order valence-electron chi connectivity index (χ2n) is 9.20. The quantitative estimate of drug-likeness (QED) is 0.288. The normalized spacial score (nSPS) is 14.8. The van der Waals surface area contributed by atoms with Crippen LogP contribution in [0.25, 0.3) is 16.9 Å². The lowest BCUT2D eigenvalue weighted by atomic mass is 10.1. The number of amides is 1. The van der Waals surface area contributed by atoms with E-state index in [9.17, 15) is 9.59 Å². The molecule has 0 aliphatic carbocycles. The number of thioether (sulfide) groups is 1. The molecule has 3 aromatic heterocycles. The molecule has 0 radical (unpaired) electrons. The number of rotatable bonds is 6. The van der Waals surface area contributed by atoms with Gasteiger partial charge in [-0.3, -0.25) is 4.79 Å². The van der Waals surface area contributed by atoms with Crippen molar-refractivity contribution in [1.29, 1.82) is 0 Å². The molecular weight excluding hydrogens is 468 g/mol. The molecule has 1 fully saturated rings. The fourth-order valence-electron chi connectivity index (χ4n) is 3.87. The van der Waals surface area contributed by atoms with Crippen LogP contribution < -0.4 is 10.3 Å². The first-order valence-corrected chi connectivity index (χ1v) is 12.7. The van der Waals surface area contributed by atoms with E-state index in [4.69, 9.17) is 9.47 Å². The molecule has 3 aromatic rings. The van der Waals surface area contributed by atoms with Gasteiger partial charge in [-0.25, -0.2) is 24.1 Å². The zero-order chi connectivity index (χ0) is 25.2. The molecule has 4 rings (SSSR count). The van der Waals surface area contributed by atoms with Crippen molar-refractivity contribution in [2.24, 2.45) is 0 Å². The van der Waals surface area contributed by atoms with E-state index in [1.54, 1.807) is 34.0 Å². The van der Waals surface area contributed by atoms with E-state index in [1.165, 1.54) is 16.4 Å². The van der Waals surface area contributed by atoms with Gasteiger partial charge in [0.05, 0.1) is 6.54 Å². The van der Waals surface area contributed by atoms with Crippen molar-refractivity contribution in [2.45, 2.75) is 57.0 Å². The minimum Gasteiger partial charge on any atom is -0.474 e. The number of carbonyl (C=O) groups is 1. The molecule has 1 aliphatic rings. The predicted molar refractivity (Wildman–Crippen MR) is 134 cm³/mol. The van der Waals surface area contributed by atoms with Crippen molar-refractivity contribution in [1.82, 2.24) is 29.2 Å². The van der Waals surface area contributed by atoms with E-state index in [0.717, 1.165) is 0 Å². The SMILES string of the molecule is C=CCn1c(=O)c2cnc(SC)nc2n1-c1cccc(OC2CCN(C(=O)OC(C)(C)C)CC2)n1. The molecule has 0 atom stereocenters. The zero-order valence-corrected chi connectivity index (χ0v) is 21.2. The summed E-state index contributed by atoms with van der Waals surface area (Å²) in [6.07, 6.45) is 6.03. The number of likely N-dealkylation sites (tertiary alicyclic amines) is 1. The van der Waals surface area contributed by atoms with Crippen molar-refractivity contribution >= 4 is 28.9 Å². The first kappa shape index (κ1) is 24.8. The number of hydrogen-bond acceptors (Lipinski definition) is 8. The second-order valence-corrected chi connectivity index (χ2v) is 9.97. The Labute approximate surface area is 207 Å². The summed E-state index contributed by atoms with van der Waals surface area (Å²) in [6, 6.07) is 5.42. The molecule has 4 heterocycles. The zero-order valence-electron chi connectivity index (χ0n) is 20.4. The van der Waals surface area contributed by atoms with Gasteiger partial charge in [-0.15, -0.1) is 6.58 Å². The minimum absolute atomic E-state index is 0.0846. The van der Waals surface area contributed by atoms with Crippen LogP contribution in [0.1, 0.15) is 33.6 Å². The molecule has 10 nitrogen and oxygen atoms in total. The van der Waals surface area contributed by atoms with Gasteiger partial charge in [0, 0.05) is 38.2 Å². The number of hydrogen-bond donors (Lipinski definition) is 0. The van der Waals surface area contributed by atoms with Gasteiger partial charge in [0.15, 0.2) is 16.6 Å². The number of pyridine rings is 1. The summed E-state index contributed by atoms with van der Waals surface area (Å²) in [5.41, 5.74) is -0.257. The number of piperidine rings is 1. The summed E-state index contributed by atoms with van der Waals surface area (Å²) in [5, 5.41) is 0.971. The molecule has 0 N–H and O–H groups in total. The molecule has 11 heteroatoms. The average Bonchev–Trinajstić information content (AvgIpc) is 3.09. The number of allylic oxidation sites excluding steroid dienone is 1. The van der Waals surface area contributed by atoms with Gasteiger partial charge in [0.1, 0.15) is 17.1 Å². The molecule has 1 aliphatic heterocycles. The molecule has 35 heavy (non-hydrogen) atoms. The third kappa shape index (κ3) is 5.50. The average molecular weight is 499 g/mol. The molecule has 0 aromatic carbocycles. The Balaban J connectivity index is 1.56. The molecule has 0 saturated carbocycles. The van der Waals surface area contributed by atoms with Crippen molar-refractivity contribution in [3.05, 3.63) is 47.4 Å². The molecule has 0 bridgehead atoms. The number of nitrogens with zero attached hydrogens (tertiary/aromatic N) is 6. The second kappa shape index (κ2) is 10.1. The Hall–Kier alpha value is -3.34. The number of ether oxygens (including phenoxy) is 2. The molecule has 186 valence electrons. The minimum atomic E-state index is -0.522. The van der Waals surface area contributed by atoms with Crippen LogP contribution in [-0.4, -0.2) is 66.4 Å². The van der Waals surface area contributed by atoms with Crippen molar-refractivity contribution in [3.8, 4) is 11.7 Å². The maximum atomic E-state index is 13.0. The number of fused-ring (bicyclic) bond motifs is 1. The molecule has 0 spiro atoms. The van der Waals surface area contributed by atoms with Gasteiger partial charge in [-0.1, -0.05) is 23.9 Å². The maximum Gasteiger partial charge on any atom is 0.410 e. The predicted octanol–water partition coefficient (Wildman–Crippen LogP) is 3.66. The number of aromatic nitrogens is 5. The largest absolute Gasteiger partial charge is 0.474 e. The highest BCUT2D eigenvalue weighted by Gasteiger charge is 2.28. The first-order valence-electron chi connectivity index (χ1n) is 11.5. The van der Waals surface area contributed by atoms with E-state index in [1.807, 2.05) is 33.1 Å². The van der Waals surface area contributed by atoms with E-state index >= 15 is 0 Å². The maximum absolute atomic E-state index is 13.0. The fourth-order valence-corrected chi connectivity index (χ4v) is 4.21. The highest BCUT2D eigenvalue weighted by atomic mass is 32.2. The lowest BCUT2D eigenvalue weighted by Crippen LogP contribution is -2.44. The van der Waals surface area contributed by atoms with Crippen molar-refractivity contribution in [3.63, 3.8) is 0 Å². The van der Waals surface area contributed by atoms with Crippen LogP contribution in [-0.2, 0) is 11.3 Å². The summed E-state index contributed by atoms with van der Waals surface area (Å²) >= 11 is 1.40. The van der Waals surface area contributed by atoms with Crippen LogP contribution in [0.15, 0.2) is 47.0 Å². The Morgan fingerprint density at radius 3 is 2.66 bits per heavy atom. The third-order valence-electron chi connectivity index (χ3n) is 5.44. The summed E-state index contributed by atoms with van der Waals surface area (Å²) < 4.78 is 14.8. The first-order chi connectivity index (χ1) is 16.7. The topological polar surface area (TPSA) is 104 Å². The highest BCUT2D eigenvalue weighted by Crippen LogP contribution is 2.22. The van der Waals surface area contributed by atoms with Gasteiger partial charge in [-0.2, -0.15) is 4.98 Å². The monoisotopic (exact) mass is 498 g/mol. The van der Waals surface area contributed by atoms with E-state index in [-0.39, 0.29) is 17.8 Å². The molecular formula is C24H30N6O4S. The summed E-state index contributed by atoms with van der Waals surface area (Å²) in [5.74, 6) is 0.949. The Morgan fingerprint density at radius 2 is 2.00 bits per heavy atom. The Kier molecular flexibility index (Phi) is 7.15. The van der Waals surface area contributed by atoms with Crippen LogP contribution in [0, 0.1) is 0 Å². The van der Waals surface area contributed by atoms with Gasteiger partial charge >= 0.3 is 6.09 Å². The van der Waals surface area contributed by atoms with E-state index in [0.29, 0.717) is 60.4 Å². The van der Waals surface area contributed by atoms with Gasteiger partial charge in [0.25, 0.3) is 5.56 Å². The van der Waals surface area contributed by atoms with E-state index < -0.39 is 5.60 Å². The lowest BCUT2D eigenvalue weighted by molar-refractivity contribution is 0.0123. The van der Waals surface area contributed by atoms with Crippen LogP contribution in [0.2, 0.25) is 0 Å². The van der Waals surface area contributed by atoms with Crippen LogP contribution in [0.5, 0.6) is 5.88 Å². The van der Waals surface area contributed by atoms with Crippen molar-refractivity contribution < 1.29 is 14.3 Å². The third-order valence-corrected chi connectivity index (χ3v) is 6.01. The summed E-state index contributed by atoms with van der Waals surface area (Å²) in [7, 11) is 0. The smallest absolute Gasteiger partial charge is 0.410 e. The lowest BCUT2D eigenvalue weighted by Gasteiger charge is -2.33. The standard InChI is InChI=1S/C24H30N6O4S/c1-6-12-29-21(31)17-15-25-22(35-5)27-20(17)30(29)18-8-7-9-19(26-18)33-16-10-13-28(14-11-16)23(32)34-24(2,3)4/h6-9,15-16H,1,10-14H2,2-5H3. The van der Waals surface area contributed by atoms with Gasteiger partial charge in [-0.05, 0) is 33.1 Å². The number of carbonyl (C=O) groups excluding carboxylic acids is 1. The molecule has 1 saturated heterocycles. The van der Waals surface area contributed by atoms with Crippen LogP contribution in [0.3, 0.4) is 0 Å². The summed E-state index contributed by atoms with van der Waals surface area (Å²) in [6.45, 7) is 10.7. The van der Waals surface area contributed by atoms with Crippen LogP contribution >= 0.6 is 11.8 Å². The Morgan fingerprint density at radius 1 is 1.26 bits per heavy atom. The summed E-state index contributed by atoms with van der Waals surface area (Å²) in [4.78, 5) is 40.5. The van der Waals surface area contributed by atoms with Crippen LogP contribution in [0.4, 0.5) is 4.79 Å².